The molecule has 29 heavy (non-hydrogen) atoms. The highest BCUT2D eigenvalue weighted by Crippen LogP contribution is 2.23. The van der Waals surface area contributed by atoms with Gasteiger partial charge in [-0.25, -0.2) is 0 Å². The molecule has 0 unspecified atom stereocenters. The molecule has 2 aromatic rings. The molecule has 0 saturated carbocycles. The fraction of sp³-hybridized carbons (Fsp3) is 0.391. The van der Waals surface area contributed by atoms with E-state index in [-0.39, 0.29) is 18.4 Å². The van der Waals surface area contributed by atoms with E-state index in [1.54, 1.807) is 31.2 Å². The van der Waals surface area contributed by atoms with E-state index in [1.165, 1.54) is 4.90 Å². The van der Waals surface area contributed by atoms with Crippen LogP contribution in [0.3, 0.4) is 0 Å². The summed E-state index contributed by atoms with van der Waals surface area (Å²) in [6.07, 6.45) is 0.890. The standard InChI is InChI=1S/C23H29ClN2O3/c1-17(2)13-14-25-23(28)18(3)26(15-19-9-5-4-6-10-19)22(27)16-29-21-12-8-7-11-20(21)24/h4-12,17-18H,13-16H2,1-3H3,(H,25,28)/t18-/m1/s1. The zero-order valence-electron chi connectivity index (χ0n) is 17.2. The van der Waals surface area contributed by atoms with Crippen LogP contribution in [0.1, 0.15) is 32.8 Å². The maximum absolute atomic E-state index is 12.9. The topological polar surface area (TPSA) is 58.6 Å². The van der Waals surface area contributed by atoms with Crippen molar-refractivity contribution in [1.82, 2.24) is 10.2 Å². The van der Waals surface area contributed by atoms with Crippen molar-refractivity contribution < 1.29 is 14.3 Å². The third kappa shape index (κ3) is 7.42. The summed E-state index contributed by atoms with van der Waals surface area (Å²) in [5.74, 6) is 0.487. The zero-order valence-corrected chi connectivity index (χ0v) is 18.0. The van der Waals surface area contributed by atoms with Gasteiger partial charge in [0.2, 0.25) is 5.91 Å². The van der Waals surface area contributed by atoms with Gasteiger partial charge in [-0.1, -0.05) is 67.9 Å². The fourth-order valence-corrected chi connectivity index (χ4v) is 2.97. The van der Waals surface area contributed by atoms with Gasteiger partial charge in [-0.2, -0.15) is 0 Å². The van der Waals surface area contributed by atoms with Crippen LogP contribution in [-0.4, -0.2) is 35.9 Å². The summed E-state index contributed by atoms with van der Waals surface area (Å²) in [7, 11) is 0. The first-order valence-corrected chi connectivity index (χ1v) is 10.2. The normalized spacial score (nSPS) is 11.8. The van der Waals surface area contributed by atoms with Gasteiger partial charge in [0.25, 0.3) is 5.91 Å². The van der Waals surface area contributed by atoms with E-state index in [0.717, 1.165) is 12.0 Å². The molecule has 1 atom stereocenters. The van der Waals surface area contributed by atoms with Crippen LogP contribution in [0, 0.1) is 5.92 Å². The fourth-order valence-electron chi connectivity index (χ4n) is 2.78. The highest BCUT2D eigenvalue weighted by molar-refractivity contribution is 6.32. The second-order valence-electron chi connectivity index (χ2n) is 7.38. The number of ether oxygens (including phenoxy) is 1. The number of para-hydroxylation sites is 1. The van der Waals surface area contributed by atoms with Gasteiger partial charge in [-0.05, 0) is 37.0 Å². The first-order chi connectivity index (χ1) is 13.9. The summed E-state index contributed by atoms with van der Waals surface area (Å²) < 4.78 is 5.60. The van der Waals surface area contributed by atoms with E-state index < -0.39 is 6.04 Å². The maximum atomic E-state index is 12.9. The Kier molecular flexibility index (Phi) is 9.00. The number of nitrogens with one attached hydrogen (secondary N) is 1. The lowest BCUT2D eigenvalue weighted by atomic mass is 10.1. The molecule has 0 aliphatic carbocycles. The van der Waals surface area contributed by atoms with Crippen LogP contribution in [0.4, 0.5) is 0 Å². The molecule has 2 rings (SSSR count). The predicted octanol–water partition coefficient (Wildman–Crippen LogP) is 4.30. The van der Waals surface area contributed by atoms with Crippen LogP contribution in [-0.2, 0) is 16.1 Å². The first-order valence-electron chi connectivity index (χ1n) is 9.87. The van der Waals surface area contributed by atoms with Crippen molar-refractivity contribution in [2.75, 3.05) is 13.2 Å². The van der Waals surface area contributed by atoms with Gasteiger partial charge >= 0.3 is 0 Å². The van der Waals surface area contributed by atoms with Crippen LogP contribution >= 0.6 is 11.6 Å². The molecule has 0 radical (unpaired) electrons. The van der Waals surface area contributed by atoms with E-state index in [1.807, 2.05) is 30.3 Å². The minimum Gasteiger partial charge on any atom is -0.482 e. The molecule has 156 valence electrons. The van der Waals surface area contributed by atoms with Crippen molar-refractivity contribution in [1.29, 1.82) is 0 Å². The van der Waals surface area contributed by atoms with E-state index in [4.69, 9.17) is 16.3 Å². The van der Waals surface area contributed by atoms with E-state index in [2.05, 4.69) is 19.2 Å². The lowest BCUT2D eigenvalue weighted by molar-refractivity contribution is -0.142. The lowest BCUT2D eigenvalue weighted by Crippen LogP contribution is -2.49. The van der Waals surface area contributed by atoms with Crippen molar-refractivity contribution in [2.24, 2.45) is 5.92 Å². The highest BCUT2D eigenvalue weighted by atomic mass is 35.5. The average molecular weight is 417 g/mol. The Morgan fingerprint density at radius 3 is 2.34 bits per heavy atom. The Bertz CT molecular complexity index is 796. The molecule has 0 bridgehead atoms. The summed E-state index contributed by atoms with van der Waals surface area (Å²) in [5, 5.41) is 3.36. The summed E-state index contributed by atoms with van der Waals surface area (Å²) in [4.78, 5) is 27.1. The van der Waals surface area contributed by atoms with E-state index in [0.29, 0.717) is 29.8 Å². The molecule has 6 heteroatoms. The molecule has 0 fully saturated rings. The predicted molar refractivity (Wildman–Crippen MR) is 116 cm³/mol. The molecule has 0 aliphatic rings. The molecular weight excluding hydrogens is 388 g/mol. The monoisotopic (exact) mass is 416 g/mol. The number of nitrogens with zero attached hydrogens (tertiary/aromatic N) is 1. The second kappa shape index (κ2) is 11.5. The highest BCUT2D eigenvalue weighted by Gasteiger charge is 2.26. The van der Waals surface area contributed by atoms with Gasteiger partial charge in [0.05, 0.1) is 5.02 Å². The molecule has 0 aliphatic heterocycles. The smallest absolute Gasteiger partial charge is 0.261 e. The summed E-state index contributed by atoms with van der Waals surface area (Å²) in [6, 6.07) is 16.0. The third-order valence-electron chi connectivity index (χ3n) is 4.57. The molecule has 0 aromatic heterocycles. The van der Waals surface area contributed by atoms with Gasteiger partial charge in [-0.15, -0.1) is 0 Å². The number of rotatable bonds is 10. The van der Waals surface area contributed by atoms with Gasteiger partial charge in [0.1, 0.15) is 11.8 Å². The van der Waals surface area contributed by atoms with Crippen LogP contribution in [0.2, 0.25) is 5.02 Å². The minimum absolute atomic E-state index is 0.173. The summed E-state index contributed by atoms with van der Waals surface area (Å²) in [5.41, 5.74) is 0.945. The average Bonchev–Trinajstić information content (AvgIpc) is 2.71. The van der Waals surface area contributed by atoms with Crippen LogP contribution in [0.15, 0.2) is 54.6 Å². The Hall–Kier alpha value is -2.53. The quantitative estimate of drug-likeness (QED) is 0.628. The number of carbonyl (C=O) groups excluding carboxylic acids is 2. The molecule has 0 heterocycles. The lowest BCUT2D eigenvalue weighted by Gasteiger charge is -2.29. The Labute approximate surface area is 178 Å². The number of carbonyl (C=O) groups is 2. The third-order valence-corrected chi connectivity index (χ3v) is 4.88. The van der Waals surface area contributed by atoms with Gasteiger partial charge < -0.3 is 15.0 Å². The Morgan fingerprint density at radius 1 is 1.03 bits per heavy atom. The van der Waals surface area contributed by atoms with Gasteiger partial charge in [0.15, 0.2) is 6.61 Å². The van der Waals surface area contributed by atoms with Crippen molar-refractivity contribution in [3.63, 3.8) is 0 Å². The number of hydrogen-bond acceptors (Lipinski definition) is 3. The minimum atomic E-state index is -0.621. The van der Waals surface area contributed by atoms with Crippen LogP contribution in [0.5, 0.6) is 5.75 Å². The van der Waals surface area contributed by atoms with Crippen LogP contribution in [0.25, 0.3) is 0 Å². The molecule has 0 spiro atoms. The molecule has 1 N–H and O–H groups in total. The first kappa shape index (κ1) is 22.8. The summed E-state index contributed by atoms with van der Waals surface area (Å²) >= 11 is 6.10. The number of halogens is 1. The zero-order chi connectivity index (χ0) is 21.2. The number of benzene rings is 2. The molecule has 2 amide bonds. The molecule has 5 nitrogen and oxygen atoms in total. The van der Waals surface area contributed by atoms with E-state index >= 15 is 0 Å². The van der Waals surface area contributed by atoms with Crippen molar-refractivity contribution >= 4 is 23.4 Å². The number of amides is 2. The van der Waals surface area contributed by atoms with Gasteiger partial charge in [-0.3, -0.25) is 9.59 Å². The van der Waals surface area contributed by atoms with Crippen molar-refractivity contribution in [3.8, 4) is 5.75 Å². The molecule has 0 saturated heterocycles. The Morgan fingerprint density at radius 2 is 1.69 bits per heavy atom. The van der Waals surface area contributed by atoms with Crippen LogP contribution < -0.4 is 10.1 Å². The van der Waals surface area contributed by atoms with Crippen molar-refractivity contribution in [2.45, 2.75) is 39.8 Å². The second-order valence-corrected chi connectivity index (χ2v) is 7.78. The SMILES string of the molecule is CC(C)CCNC(=O)[C@@H](C)N(Cc1ccccc1)C(=O)COc1ccccc1Cl. The molecular formula is C23H29ClN2O3. The number of hydrogen-bond donors (Lipinski definition) is 1. The Balaban J connectivity index is 2.07. The maximum Gasteiger partial charge on any atom is 0.261 e. The summed E-state index contributed by atoms with van der Waals surface area (Å²) in [6.45, 7) is 6.66. The van der Waals surface area contributed by atoms with Crippen molar-refractivity contribution in [3.05, 3.63) is 65.2 Å². The van der Waals surface area contributed by atoms with E-state index in [9.17, 15) is 9.59 Å². The largest absolute Gasteiger partial charge is 0.482 e. The van der Waals surface area contributed by atoms with Gasteiger partial charge in [0, 0.05) is 13.1 Å². The molecule has 2 aromatic carbocycles.